The molecule has 0 saturated heterocycles. The third-order valence-corrected chi connectivity index (χ3v) is 12.6. The number of benzene rings is 2. The van der Waals surface area contributed by atoms with Crippen molar-refractivity contribution in [1.82, 2.24) is 9.13 Å². The molecule has 0 amide bonds. The van der Waals surface area contributed by atoms with Crippen LogP contribution in [-0.4, -0.2) is 95.4 Å². The highest BCUT2D eigenvalue weighted by atomic mass is 16.6. The number of fused-ring (bicyclic) bond motifs is 6. The highest BCUT2D eigenvalue weighted by molar-refractivity contribution is 6.15. The zero-order chi connectivity index (χ0) is 44.5. The van der Waals surface area contributed by atoms with E-state index in [1.54, 1.807) is 52.8 Å². The second-order valence-electron chi connectivity index (χ2n) is 16.6. The molecule has 2 saturated carbocycles. The first-order chi connectivity index (χ1) is 30.4. The molecule has 2 fully saturated rings. The number of carbonyl (C=O) groups is 2. The maximum Gasteiger partial charge on any atom is 0.335 e. The molecule has 2 aromatic carbocycles. The number of esters is 2. The molecule has 1 unspecified atom stereocenters. The van der Waals surface area contributed by atoms with Crippen LogP contribution in [0.2, 0.25) is 0 Å². The van der Waals surface area contributed by atoms with E-state index in [9.17, 15) is 24.3 Å². The minimum absolute atomic E-state index is 0.115. The van der Waals surface area contributed by atoms with Crippen molar-refractivity contribution in [1.29, 1.82) is 0 Å². The zero-order valence-corrected chi connectivity index (χ0v) is 36.5. The lowest BCUT2D eigenvalue weighted by molar-refractivity contribution is -0.167. The van der Waals surface area contributed by atoms with Crippen molar-refractivity contribution in [3.63, 3.8) is 0 Å². The van der Waals surface area contributed by atoms with Crippen molar-refractivity contribution >= 4 is 23.4 Å². The lowest BCUT2D eigenvalue weighted by Gasteiger charge is -2.39. The normalized spacial score (nSPS) is 22.7. The van der Waals surface area contributed by atoms with Crippen LogP contribution >= 0.6 is 0 Å². The molecule has 63 heavy (non-hydrogen) atoms. The van der Waals surface area contributed by atoms with E-state index in [1.807, 2.05) is 38.1 Å². The van der Waals surface area contributed by atoms with Gasteiger partial charge in [0.1, 0.15) is 12.2 Å². The maximum atomic E-state index is 13.4. The Hall–Kier alpha value is -6.22. The Morgan fingerprint density at radius 3 is 1.57 bits per heavy atom. The molecule has 0 spiro atoms. The highest BCUT2D eigenvalue weighted by Crippen LogP contribution is 2.47. The summed E-state index contributed by atoms with van der Waals surface area (Å²) in [4.78, 5) is 61.6. The Balaban J connectivity index is 0.941. The van der Waals surface area contributed by atoms with E-state index in [0.717, 1.165) is 44.8 Å². The number of hydrogen-bond donors (Lipinski definition) is 1. The van der Waals surface area contributed by atoms with E-state index in [1.165, 1.54) is 21.3 Å². The Morgan fingerprint density at radius 2 is 1.14 bits per heavy atom. The molecule has 1 N–H and O–H groups in total. The van der Waals surface area contributed by atoms with Crippen molar-refractivity contribution in [2.45, 2.75) is 101 Å². The third-order valence-electron chi connectivity index (χ3n) is 12.6. The lowest BCUT2D eigenvalue weighted by Crippen LogP contribution is -2.39. The van der Waals surface area contributed by atoms with Crippen LogP contribution in [0, 0.1) is 0 Å². The highest BCUT2D eigenvalue weighted by Gasteiger charge is 2.42. The molecule has 2 aliphatic carbocycles. The maximum absolute atomic E-state index is 13.4. The van der Waals surface area contributed by atoms with Crippen LogP contribution < -0.4 is 30.1 Å². The molecule has 8 rings (SSSR count). The topological polar surface area (TPSA) is 178 Å². The number of aliphatic imine (C=N–C) groups is 2. The number of carbonyl (C=O) groups excluding carboxylic acids is 2. The summed E-state index contributed by atoms with van der Waals surface area (Å²) >= 11 is 0. The van der Waals surface area contributed by atoms with Gasteiger partial charge in [-0.3, -0.25) is 24.4 Å². The molecule has 15 heteroatoms. The van der Waals surface area contributed by atoms with Gasteiger partial charge in [0.15, 0.2) is 29.1 Å². The summed E-state index contributed by atoms with van der Waals surface area (Å²) in [5.41, 5.74) is 6.44. The van der Waals surface area contributed by atoms with Crippen molar-refractivity contribution in [3.05, 3.63) is 115 Å². The molecule has 0 bridgehead atoms. The van der Waals surface area contributed by atoms with Crippen LogP contribution in [0.1, 0.15) is 104 Å². The number of ether oxygens (including phenoxy) is 6. The monoisotopic (exact) mass is 862 g/mol. The van der Waals surface area contributed by atoms with Gasteiger partial charge in [0.2, 0.25) is 11.1 Å². The van der Waals surface area contributed by atoms with Gasteiger partial charge in [-0.15, -0.1) is 0 Å². The van der Waals surface area contributed by atoms with Crippen LogP contribution in [0.25, 0.3) is 0 Å². The van der Waals surface area contributed by atoms with E-state index < -0.39 is 36.7 Å². The second kappa shape index (κ2) is 18.2. The molecular formula is C48H54N4O11. The Morgan fingerprint density at radius 1 is 0.683 bits per heavy atom. The standard InChI is InChI=1S/C48H54N4O11/c1-7-60-41-19-30-32-17-28(11-13-36(32)49-46(34(30)21-39(41)58-5)26-9-15-43(54)51(3)24-26)62-45(56)23-38(53)48(57)63-29-12-14-37-33(18-29)31-20-42(61-8-2)40(59-6)22-35(31)47(50-37)27-10-16-44(55)52(4)25-27/h9-10,15-16,19-22,24-25,28-29,32-33,36-38,53H,7-8,11-14,17-18,23H2,1-6H3/t28-,29-,32-,33-,36-,37-,38?/m0/s1. The second-order valence-corrected chi connectivity index (χ2v) is 16.6. The summed E-state index contributed by atoms with van der Waals surface area (Å²) in [7, 11) is 6.57. The van der Waals surface area contributed by atoms with Crippen LogP contribution in [0.5, 0.6) is 23.0 Å². The number of aromatic nitrogens is 2. The molecule has 4 heterocycles. The fourth-order valence-electron chi connectivity index (χ4n) is 9.57. The predicted octanol–water partition coefficient (Wildman–Crippen LogP) is 5.15. The van der Waals surface area contributed by atoms with Gasteiger partial charge in [0.25, 0.3) is 0 Å². The lowest BCUT2D eigenvalue weighted by atomic mass is 9.74. The summed E-state index contributed by atoms with van der Waals surface area (Å²) in [5.74, 6) is 0.457. The van der Waals surface area contributed by atoms with Crippen molar-refractivity contribution in [2.75, 3.05) is 27.4 Å². The van der Waals surface area contributed by atoms with Crippen LogP contribution in [0.3, 0.4) is 0 Å². The number of aryl methyl sites for hydroxylation is 2. The summed E-state index contributed by atoms with van der Waals surface area (Å²) in [5, 5.41) is 11.0. The largest absolute Gasteiger partial charge is 0.493 e. The van der Waals surface area contributed by atoms with Gasteiger partial charge in [-0.2, -0.15) is 0 Å². The van der Waals surface area contributed by atoms with Crippen LogP contribution in [-0.2, 0) is 33.2 Å². The molecule has 7 atom stereocenters. The van der Waals surface area contributed by atoms with E-state index in [2.05, 4.69) is 0 Å². The smallest absolute Gasteiger partial charge is 0.335 e. The van der Waals surface area contributed by atoms with Gasteiger partial charge in [-0.25, -0.2) is 4.79 Å². The van der Waals surface area contributed by atoms with Crippen LogP contribution in [0.4, 0.5) is 0 Å². The number of nitrogens with zero attached hydrogens (tertiary/aromatic N) is 4. The zero-order valence-electron chi connectivity index (χ0n) is 36.5. The quantitative estimate of drug-likeness (QED) is 0.176. The average Bonchev–Trinajstić information content (AvgIpc) is 3.27. The minimum atomic E-state index is -1.71. The third kappa shape index (κ3) is 8.75. The summed E-state index contributed by atoms with van der Waals surface area (Å²) in [6.07, 6.45) is 3.47. The number of aliphatic hydroxyl groups excluding tert-OH is 1. The first-order valence-corrected chi connectivity index (χ1v) is 21.7. The van der Waals surface area contributed by atoms with E-state index in [4.69, 9.17) is 38.4 Å². The van der Waals surface area contributed by atoms with Gasteiger partial charge < -0.3 is 42.7 Å². The molecule has 4 aromatic rings. The Bertz CT molecular complexity index is 2600. The molecule has 15 nitrogen and oxygen atoms in total. The van der Waals surface area contributed by atoms with Gasteiger partial charge in [0, 0.05) is 72.7 Å². The predicted molar refractivity (Wildman–Crippen MR) is 234 cm³/mol. The van der Waals surface area contributed by atoms with Gasteiger partial charge >= 0.3 is 11.9 Å². The number of aliphatic hydroxyl groups is 1. The molecule has 0 radical (unpaired) electrons. The molecule has 2 aliphatic heterocycles. The SMILES string of the molecule is CCOc1cc2c(cc1OC)C(c1ccc(=O)n(C)c1)=N[C@H]1CC[C@H](OC(=O)CC(O)C(=O)O[C@H]3CC[C@@H]4N=C(c5ccc(=O)n(C)c5)c5cc(OC)c(OCC)cc5[C@@H]4C3)C[C@@H]21. The van der Waals surface area contributed by atoms with Crippen molar-refractivity contribution in [3.8, 4) is 23.0 Å². The van der Waals surface area contributed by atoms with Gasteiger partial charge in [-0.1, -0.05) is 0 Å². The average molecular weight is 863 g/mol. The summed E-state index contributed by atoms with van der Waals surface area (Å²) < 4.78 is 38.2. The van der Waals surface area contributed by atoms with Crippen molar-refractivity contribution < 1.29 is 43.1 Å². The van der Waals surface area contributed by atoms with Gasteiger partial charge in [-0.05, 0) is 99.9 Å². The number of methoxy groups -OCH3 is 2. The summed E-state index contributed by atoms with van der Waals surface area (Å²) in [6.45, 7) is 4.67. The number of pyridine rings is 2. The Kier molecular flexibility index (Phi) is 12.6. The minimum Gasteiger partial charge on any atom is -0.493 e. The first-order valence-electron chi connectivity index (χ1n) is 21.7. The fraction of sp³-hybridized carbons (Fsp3) is 0.458. The van der Waals surface area contributed by atoms with Gasteiger partial charge in [0.05, 0.1) is 57.4 Å². The summed E-state index contributed by atoms with van der Waals surface area (Å²) in [6, 6.07) is 14.1. The molecular weight excluding hydrogens is 809 g/mol. The molecule has 332 valence electrons. The van der Waals surface area contributed by atoms with Crippen LogP contribution in [0.15, 0.2) is 80.5 Å². The van der Waals surface area contributed by atoms with E-state index in [0.29, 0.717) is 74.7 Å². The number of hydrogen-bond acceptors (Lipinski definition) is 13. The Labute approximate surface area is 365 Å². The number of rotatable bonds is 13. The van der Waals surface area contributed by atoms with Crippen molar-refractivity contribution in [2.24, 2.45) is 24.1 Å². The molecule has 4 aliphatic rings. The molecule has 2 aromatic heterocycles. The van der Waals surface area contributed by atoms with E-state index in [-0.39, 0.29) is 35.0 Å². The van der Waals surface area contributed by atoms with E-state index >= 15 is 0 Å². The fourth-order valence-corrected chi connectivity index (χ4v) is 9.57. The first kappa shape index (κ1) is 43.4.